The predicted molar refractivity (Wildman–Crippen MR) is 340 cm³/mol. The van der Waals surface area contributed by atoms with Crippen molar-refractivity contribution in [1.82, 2.24) is 58.9 Å². The van der Waals surface area contributed by atoms with Gasteiger partial charge >= 0.3 is 12.1 Å². The molecule has 0 radical (unpaired) electrons. The van der Waals surface area contributed by atoms with Crippen LogP contribution in [0, 0.1) is 34.9 Å². The third kappa shape index (κ3) is 14.8. The van der Waals surface area contributed by atoms with Crippen LogP contribution in [0.2, 0.25) is 0 Å². The van der Waals surface area contributed by atoms with E-state index in [0.717, 1.165) is 54.6 Å². The Kier molecular flexibility index (Phi) is 14.6. The van der Waals surface area contributed by atoms with Crippen molar-refractivity contribution in [2.45, 2.75) is 109 Å². The molecular weight excluding hydrogens is 1210 g/mol. The summed E-state index contributed by atoms with van der Waals surface area (Å²) in [6, 6.07) is 8.87. The molecule has 9 aromatic rings. The van der Waals surface area contributed by atoms with E-state index in [-0.39, 0.29) is 114 Å². The molecule has 6 saturated heterocycles. The van der Waals surface area contributed by atoms with Crippen LogP contribution in [0.25, 0.3) is 16.9 Å². The number of aliphatic hydroxyl groups excluding tert-OH is 3. The van der Waals surface area contributed by atoms with Gasteiger partial charge in [0.1, 0.15) is 63.7 Å². The fourth-order valence-corrected chi connectivity index (χ4v) is 10.5. The molecule has 15 rings (SSSR count). The maximum absolute atomic E-state index is 14.6. The molecule has 6 aromatic heterocycles. The first-order valence-electron chi connectivity index (χ1n) is 37.2. The number of rotatable bonds is 8. The number of likely N-dealkylation sites (tertiary alicyclic amines) is 2. The maximum atomic E-state index is 14.6. The lowest BCUT2D eigenvalue weighted by atomic mass is 10.0. The second kappa shape index (κ2) is 29.1. The Morgan fingerprint density at radius 3 is 1.23 bits per heavy atom. The lowest BCUT2D eigenvalue weighted by molar-refractivity contribution is 0.176. The summed E-state index contributed by atoms with van der Waals surface area (Å²) in [6.07, 6.45) is 3.09. The summed E-state index contributed by atoms with van der Waals surface area (Å²) < 4.78 is 231. The third-order valence-corrected chi connectivity index (χ3v) is 14.8. The molecule has 0 aliphatic carbocycles. The van der Waals surface area contributed by atoms with Gasteiger partial charge in [-0.3, -0.25) is 0 Å². The van der Waals surface area contributed by atoms with Gasteiger partial charge in [-0.1, -0.05) is 14.9 Å². The predicted octanol–water partition coefficient (Wildman–Crippen LogP) is 9.44. The molecule has 0 spiro atoms. The van der Waals surface area contributed by atoms with Gasteiger partial charge in [-0.25, -0.2) is 64.4 Å². The minimum absolute atomic E-state index is 0. The summed E-state index contributed by atoms with van der Waals surface area (Å²) in [6.45, 7) is -19.7. The quantitative estimate of drug-likeness (QED) is 0.0699. The average molecular weight is 1310 g/mol. The summed E-state index contributed by atoms with van der Waals surface area (Å²) in [5, 5.41) is 47.7. The van der Waals surface area contributed by atoms with E-state index < -0.39 is 155 Å². The molecule has 3 aromatic carbocycles. The number of urea groups is 2. The summed E-state index contributed by atoms with van der Waals surface area (Å²) in [5.41, 5.74) is 6.62. The van der Waals surface area contributed by atoms with Gasteiger partial charge in [-0.15, -0.1) is 0 Å². The molecule has 23 nitrogen and oxygen atoms in total. The standard InChI is InChI=1S/2C21H22F2N6O2.C16H15F2N5.C4H9NO.2CH4/c2*22-13-3-4-16(23)15(10-13)18-2-1-7-28(18)19-6-9-29-20(26-19)17(11-24-29)25-21(31)27-8-5-14(30)12-27;17-10-3-4-12(18)11(8-10)14-2-1-6-22(14)15-5-7-23-16(21-15)13(19)9-20-23;6-4-1-2-5-3-4;;/h2*3-4,6,9-11,14,18,30H,1-2,5,7-8,12H2,(H,25,31);3-5,7-9,14H,1-2,6,19H2;4-6H,1-3H2;2*1H4/t14-,18?;14-,18+;;4-;;/m00.0../s1/i2*7D2,8D2,12D2;6D2;2D2,3D2;;. The number of aromatic nitrogens is 9. The van der Waals surface area contributed by atoms with Crippen LogP contribution in [0.15, 0.2) is 110 Å². The Balaban J connectivity index is 0.000000167. The van der Waals surface area contributed by atoms with Crippen LogP contribution in [-0.4, -0.2) is 158 Å². The molecule has 0 bridgehead atoms. The van der Waals surface area contributed by atoms with Crippen LogP contribution in [0.4, 0.5) is 70.4 Å². The summed E-state index contributed by atoms with van der Waals surface area (Å²) in [4.78, 5) is 43.4. The van der Waals surface area contributed by atoms with Crippen molar-refractivity contribution >= 4 is 63.5 Å². The van der Waals surface area contributed by atoms with Crippen molar-refractivity contribution in [2.24, 2.45) is 0 Å². The molecular formula is C64H76F6N18O5. The number of anilines is 6. The number of benzene rings is 3. The number of hydrogen-bond acceptors (Lipinski definition) is 16. The number of nitrogens with two attached hydrogens (primary N) is 1. The van der Waals surface area contributed by atoms with Crippen LogP contribution >= 0.6 is 0 Å². The van der Waals surface area contributed by atoms with Crippen molar-refractivity contribution in [2.75, 3.05) is 89.5 Å². The Hall–Kier alpha value is -9.32. The summed E-state index contributed by atoms with van der Waals surface area (Å²) in [5.74, 6) is -3.43. The maximum Gasteiger partial charge on any atom is 0.322 e. The van der Waals surface area contributed by atoms with Gasteiger partial charge in [0.2, 0.25) is 0 Å². The SMILES string of the molecule is C.C.[2H]C1([2H])CCC(c2cc(F)ccc2F)N1c1ccn2ncc(N)c2n1.[2H]C1([2H])CCC(c2cc(F)ccc2F)N1c1ccn2ncc(NC(=O)N3C([2H])([2H])C[C@H](O)C3([2H])[2H])c2n1.[2H]C1([2H])CC[C@H](c2cc(F)ccc2F)N1c1ccn2ncc(NC(=O)N3C([2H])([2H])C[C@H](O)C3([2H])[2H])c2n1.[2H]C1([2H])C[C@H](O)C([2H])([2H])N1. The highest BCUT2D eigenvalue weighted by molar-refractivity contribution is 5.94. The largest absolute Gasteiger partial charge is 0.394 e. The lowest BCUT2D eigenvalue weighted by Gasteiger charge is -2.26. The molecule has 6 atom stereocenters. The van der Waals surface area contributed by atoms with Crippen LogP contribution in [0.1, 0.15) is 132 Å². The molecule has 6 fully saturated rings. The van der Waals surface area contributed by atoms with Gasteiger partial charge in [-0.2, -0.15) is 15.3 Å². The smallest absolute Gasteiger partial charge is 0.322 e. The molecule has 0 saturated carbocycles. The van der Waals surface area contributed by atoms with E-state index in [4.69, 9.17) is 35.5 Å². The Bertz CT molecular complexity index is 4770. The minimum atomic E-state index is -2.68. The van der Waals surface area contributed by atoms with Gasteiger partial charge in [-0.05, 0) is 137 Å². The Morgan fingerprint density at radius 2 is 0.882 bits per heavy atom. The molecule has 93 heavy (non-hydrogen) atoms. The second-order valence-electron chi connectivity index (χ2n) is 20.8. The molecule has 29 heteroatoms. The number of fused-ring (bicyclic) bond motifs is 3. The van der Waals surface area contributed by atoms with E-state index >= 15 is 0 Å². The lowest BCUT2D eigenvalue weighted by Crippen LogP contribution is -2.33. The molecule has 8 N–H and O–H groups in total. The Morgan fingerprint density at radius 1 is 0.505 bits per heavy atom. The topological polar surface area (TPSA) is 264 Å². The van der Waals surface area contributed by atoms with E-state index in [1.54, 1.807) is 12.3 Å². The van der Waals surface area contributed by atoms with Crippen molar-refractivity contribution in [3.8, 4) is 0 Å². The van der Waals surface area contributed by atoms with E-state index in [1.165, 1.54) is 71.4 Å². The normalized spacial score (nSPS) is 28.6. The van der Waals surface area contributed by atoms with Crippen LogP contribution < -0.4 is 36.4 Å². The number of nitrogens with one attached hydrogen (secondary N) is 3. The fraction of sp³-hybridized carbons (Fsp3) is 0.406. The average Bonchev–Trinajstić information content (AvgIpc) is 1.71. The zero-order valence-electron chi connectivity index (χ0n) is 65.5. The van der Waals surface area contributed by atoms with Crippen molar-refractivity contribution in [1.29, 1.82) is 0 Å². The van der Waals surface area contributed by atoms with Crippen molar-refractivity contribution < 1.29 is 75.9 Å². The molecule has 12 heterocycles. The number of carbonyl (C=O) groups excluding carboxylic acids is 2. The first-order valence-corrected chi connectivity index (χ1v) is 28.2. The summed E-state index contributed by atoms with van der Waals surface area (Å²) in [7, 11) is 0. The number of nitrogens with zero attached hydrogens (tertiary/aromatic N) is 14. The van der Waals surface area contributed by atoms with Crippen LogP contribution in [0.5, 0.6) is 0 Å². The molecule has 4 amide bonds. The van der Waals surface area contributed by atoms with Crippen molar-refractivity contribution in [3.63, 3.8) is 0 Å². The molecule has 6 aliphatic rings. The van der Waals surface area contributed by atoms with Gasteiger partial charge in [0.05, 0.1) is 66.2 Å². The molecule has 494 valence electrons. The van der Waals surface area contributed by atoms with E-state index in [0.29, 0.717) is 23.6 Å². The van der Waals surface area contributed by atoms with Gasteiger partial charge in [0.25, 0.3) is 0 Å². The second-order valence-corrected chi connectivity index (χ2v) is 20.8. The first kappa shape index (κ1) is 46.7. The monoisotopic (exact) mass is 1310 g/mol. The molecule has 2 unspecified atom stereocenters. The summed E-state index contributed by atoms with van der Waals surface area (Å²) >= 11 is 0. The van der Waals surface area contributed by atoms with Gasteiger partial charge in [0, 0.05) is 106 Å². The molecule has 6 aliphatic heterocycles. The van der Waals surface area contributed by atoms with E-state index in [1.807, 2.05) is 5.32 Å². The van der Waals surface area contributed by atoms with Gasteiger partial charge in [0.15, 0.2) is 16.9 Å². The van der Waals surface area contributed by atoms with E-state index in [2.05, 4.69) is 40.9 Å². The van der Waals surface area contributed by atoms with Gasteiger partial charge < -0.3 is 61.5 Å². The zero-order valence-corrected chi connectivity index (χ0v) is 47.5. The number of hydrogen-bond donors (Lipinski definition) is 7. The number of halogens is 6. The fourth-order valence-electron chi connectivity index (χ4n) is 10.5. The number of amides is 4. The number of nitrogen functional groups attached to an aromatic ring is 1. The van der Waals surface area contributed by atoms with Crippen LogP contribution in [-0.2, 0) is 0 Å². The Labute approximate surface area is 557 Å². The highest BCUT2D eigenvalue weighted by atomic mass is 19.1. The third-order valence-electron chi connectivity index (χ3n) is 14.8. The van der Waals surface area contributed by atoms with Crippen molar-refractivity contribution in [3.05, 3.63) is 162 Å². The highest BCUT2D eigenvalue weighted by Crippen LogP contribution is 2.40. The number of β-amino-alcohol motifs (C(OH)–C–C–N with tert-alkyl or cyclic N) is 3. The minimum Gasteiger partial charge on any atom is -0.394 e. The number of carbonyl (C=O) groups is 2. The highest BCUT2D eigenvalue weighted by Gasteiger charge is 2.34. The number of aliphatic hydroxyl groups is 3. The zero-order chi connectivity index (χ0) is 79.6. The van der Waals surface area contributed by atoms with Crippen LogP contribution in [0.3, 0.4) is 0 Å². The first-order chi connectivity index (χ1) is 50.6. The van der Waals surface area contributed by atoms with E-state index in [9.17, 15) is 46.1 Å².